The highest BCUT2D eigenvalue weighted by molar-refractivity contribution is 6.03. The van der Waals surface area contributed by atoms with Gasteiger partial charge in [-0.3, -0.25) is 0 Å². The number of urea groups is 1. The van der Waals surface area contributed by atoms with Crippen LogP contribution >= 0.6 is 0 Å². The summed E-state index contributed by atoms with van der Waals surface area (Å²) in [6, 6.07) is 3.15. The number of hydrogen-bond donors (Lipinski definition) is 4. The minimum Gasteiger partial charge on any atom is -0.504 e. The first-order chi connectivity index (χ1) is 7.08. The third-order valence-electron chi connectivity index (χ3n) is 2.13. The number of hydrogen-bond acceptors (Lipinski definition) is 4. The number of rotatable bonds is 1. The van der Waals surface area contributed by atoms with Crippen molar-refractivity contribution in [3.8, 4) is 11.5 Å². The van der Waals surface area contributed by atoms with Gasteiger partial charge in [-0.25, -0.2) is 4.79 Å². The molecule has 1 atom stereocenters. The molecule has 2 amide bonds. The second-order valence-electron chi connectivity index (χ2n) is 3.17. The smallest absolute Gasteiger partial charge is 0.343 e. The van der Waals surface area contributed by atoms with Gasteiger partial charge in [0.25, 0.3) is 0 Å². The summed E-state index contributed by atoms with van der Waals surface area (Å²) < 4.78 is 0. The molecule has 0 fully saturated rings. The standard InChI is InChI=1S/C9H9N3O3/c10-8-7(11-9(15)12-8)4-1-2-5(13)6(14)3-4/h1-3,7,13-14H,(H3,10,11,12,15). The fourth-order valence-electron chi connectivity index (χ4n) is 1.39. The quantitative estimate of drug-likeness (QED) is 0.494. The van der Waals surface area contributed by atoms with Gasteiger partial charge in [0.15, 0.2) is 11.5 Å². The number of amides is 2. The number of aliphatic imine (C=N–C) groups is 1. The Morgan fingerprint density at radius 2 is 2.07 bits per heavy atom. The number of nitrogens with one attached hydrogen (secondary N) is 1. The summed E-state index contributed by atoms with van der Waals surface area (Å²) in [7, 11) is 0. The number of phenols is 2. The Hall–Kier alpha value is -2.24. The van der Waals surface area contributed by atoms with Gasteiger partial charge in [-0.15, -0.1) is 0 Å². The number of benzene rings is 1. The molecular formula is C9H9N3O3. The minimum atomic E-state index is -0.538. The third-order valence-corrected chi connectivity index (χ3v) is 2.13. The van der Waals surface area contributed by atoms with E-state index in [1.807, 2.05) is 0 Å². The lowest BCUT2D eigenvalue weighted by Gasteiger charge is -2.11. The van der Waals surface area contributed by atoms with Crippen LogP contribution in [0.25, 0.3) is 0 Å². The van der Waals surface area contributed by atoms with Crippen LogP contribution in [0.2, 0.25) is 0 Å². The summed E-state index contributed by atoms with van der Waals surface area (Å²) in [5.74, 6) is -0.342. The molecule has 0 bridgehead atoms. The van der Waals surface area contributed by atoms with E-state index in [2.05, 4.69) is 10.3 Å². The Kier molecular flexibility index (Phi) is 1.96. The van der Waals surface area contributed by atoms with Gasteiger partial charge in [0.2, 0.25) is 0 Å². The first-order valence-corrected chi connectivity index (χ1v) is 4.24. The maximum absolute atomic E-state index is 10.9. The Bertz CT molecular complexity index is 456. The Balaban J connectivity index is 2.35. The Morgan fingerprint density at radius 3 is 2.60 bits per heavy atom. The van der Waals surface area contributed by atoms with E-state index in [4.69, 9.17) is 10.8 Å². The zero-order chi connectivity index (χ0) is 11.0. The van der Waals surface area contributed by atoms with E-state index in [9.17, 15) is 9.90 Å². The van der Waals surface area contributed by atoms with Crippen LogP contribution in [0.3, 0.4) is 0 Å². The summed E-state index contributed by atoms with van der Waals surface area (Å²) in [4.78, 5) is 14.4. The molecule has 0 radical (unpaired) electrons. The largest absolute Gasteiger partial charge is 0.504 e. The van der Waals surface area contributed by atoms with Crippen molar-refractivity contribution in [1.82, 2.24) is 5.32 Å². The predicted octanol–water partition coefficient (Wildman–Crippen LogP) is 0.219. The van der Waals surface area contributed by atoms with Crippen molar-refractivity contribution in [1.29, 1.82) is 0 Å². The summed E-state index contributed by atoms with van der Waals surface area (Å²) in [5, 5.41) is 20.9. The number of phenolic OH excluding ortho intramolecular Hbond substituents is 2. The van der Waals surface area contributed by atoms with E-state index in [0.717, 1.165) is 0 Å². The van der Waals surface area contributed by atoms with E-state index in [-0.39, 0.29) is 17.3 Å². The normalized spacial score (nSPS) is 19.9. The highest BCUT2D eigenvalue weighted by atomic mass is 16.3. The maximum Gasteiger partial charge on any atom is 0.343 e. The van der Waals surface area contributed by atoms with Crippen LogP contribution < -0.4 is 11.1 Å². The van der Waals surface area contributed by atoms with Crippen LogP contribution in [0.5, 0.6) is 11.5 Å². The molecule has 0 aliphatic carbocycles. The third kappa shape index (κ3) is 1.56. The van der Waals surface area contributed by atoms with E-state index in [1.54, 1.807) is 6.07 Å². The number of amidine groups is 1. The molecule has 0 aromatic heterocycles. The zero-order valence-electron chi connectivity index (χ0n) is 7.64. The lowest BCUT2D eigenvalue weighted by Crippen LogP contribution is -2.27. The molecule has 0 saturated carbocycles. The van der Waals surface area contributed by atoms with Crippen molar-refractivity contribution in [3.05, 3.63) is 23.8 Å². The number of carbonyl (C=O) groups is 1. The summed E-state index contributed by atoms with van der Waals surface area (Å²) in [6.07, 6.45) is 0. The zero-order valence-corrected chi connectivity index (χ0v) is 7.64. The van der Waals surface area contributed by atoms with E-state index < -0.39 is 12.1 Å². The molecule has 6 heteroatoms. The Labute approximate surface area is 85.1 Å². The van der Waals surface area contributed by atoms with Gasteiger partial charge in [0.05, 0.1) is 0 Å². The highest BCUT2D eigenvalue weighted by Crippen LogP contribution is 2.28. The van der Waals surface area contributed by atoms with Gasteiger partial charge in [-0.2, -0.15) is 4.99 Å². The first-order valence-electron chi connectivity index (χ1n) is 4.24. The van der Waals surface area contributed by atoms with E-state index in [1.165, 1.54) is 12.1 Å². The van der Waals surface area contributed by atoms with E-state index in [0.29, 0.717) is 5.56 Å². The molecule has 0 spiro atoms. The van der Waals surface area contributed by atoms with Crippen molar-refractivity contribution < 1.29 is 15.0 Å². The van der Waals surface area contributed by atoms with Crippen LogP contribution in [0.15, 0.2) is 23.2 Å². The molecule has 6 nitrogen and oxygen atoms in total. The SMILES string of the molecule is NC1=NC(=O)NC1c1ccc(O)c(O)c1. The molecular weight excluding hydrogens is 198 g/mol. The van der Waals surface area contributed by atoms with Gasteiger partial charge < -0.3 is 21.3 Å². The van der Waals surface area contributed by atoms with Gasteiger partial charge in [-0.1, -0.05) is 6.07 Å². The molecule has 1 heterocycles. The summed E-state index contributed by atoms with van der Waals surface area (Å²) in [6.45, 7) is 0. The van der Waals surface area contributed by atoms with Crippen molar-refractivity contribution in [3.63, 3.8) is 0 Å². The van der Waals surface area contributed by atoms with Crippen molar-refractivity contribution >= 4 is 11.9 Å². The van der Waals surface area contributed by atoms with Crippen LogP contribution in [0, 0.1) is 0 Å². The molecule has 0 saturated heterocycles. The molecule has 1 aliphatic heterocycles. The lowest BCUT2D eigenvalue weighted by atomic mass is 10.1. The molecule has 1 aliphatic rings. The maximum atomic E-state index is 10.9. The number of nitrogens with two attached hydrogens (primary N) is 1. The van der Waals surface area contributed by atoms with Crippen molar-refractivity contribution in [2.75, 3.05) is 0 Å². The fraction of sp³-hybridized carbons (Fsp3) is 0.111. The molecule has 5 N–H and O–H groups in total. The second-order valence-corrected chi connectivity index (χ2v) is 3.17. The molecule has 1 aromatic carbocycles. The van der Waals surface area contributed by atoms with Gasteiger partial charge >= 0.3 is 6.03 Å². The van der Waals surface area contributed by atoms with E-state index >= 15 is 0 Å². The van der Waals surface area contributed by atoms with Crippen LogP contribution in [0.1, 0.15) is 11.6 Å². The second kappa shape index (κ2) is 3.16. The number of nitrogens with zero attached hydrogens (tertiary/aromatic N) is 1. The molecule has 2 rings (SSSR count). The van der Waals surface area contributed by atoms with Gasteiger partial charge in [0.1, 0.15) is 11.9 Å². The molecule has 1 unspecified atom stereocenters. The highest BCUT2D eigenvalue weighted by Gasteiger charge is 2.25. The average Bonchev–Trinajstić information content (AvgIpc) is 2.50. The Morgan fingerprint density at radius 1 is 1.33 bits per heavy atom. The summed E-state index contributed by atoms with van der Waals surface area (Å²) >= 11 is 0. The molecule has 78 valence electrons. The topological polar surface area (TPSA) is 108 Å². The van der Waals surface area contributed by atoms with Gasteiger partial charge in [-0.05, 0) is 17.7 Å². The van der Waals surface area contributed by atoms with Gasteiger partial charge in [0, 0.05) is 0 Å². The predicted molar refractivity (Wildman–Crippen MR) is 52.7 cm³/mol. The molecule has 15 heavy (non-hydrogen) atoms. The van der Waals surface area contributed by atoms with Crippen molar-refractivity contribution in [2.24, 2.45) is 10.7 Å². The minimum absolute atomic E-state index is 0.144. The number of carbonyl (C=O) groups excluding carboxylic acids is 1. The van der Waals surface area contributed by atoms with Crippen LogP contribution in [0.4, 0.5) is 4.79 Å². The number of aromatic hydroxyl groups is 2. The average molecular weight is 207 g/mol. The molecule has 1 aromatic rings. The summed E-state index contributed by atoms with van der Waals surface area (Å²) in [5.41, 5.74) is 6.08. The lowest BCUT2D eigenvalue weighted by molar-refractivity contribution is 0.250. The monoisotopic (exact) mass is 207 g/mol. The van der Waals surface area contributed by atoms with Crippen LogP contribution in [-0.4, -0.2) is 22.1 Å². The fourth-order valence-corrected chi connectivity index (χ4v) is 1.39. The first kappa shape index (κ1) is 9.32. The van der Waals surface area contributed by atoms with Crippen LogP contribution in [-0.2, 0) is 0 Å². The van der Waals surface area contributed by atoms with Crippen molar-refractivity contribution in [2.45, 2.75) is 6.04 Å².